The number of hydrogen-bond acceptors (Lipinski definition) is 3. The van der Waals surface area contributed by atoms with Gasteiger partial charge in [0.1, 0.15) is 17.6 Å². The van der Waals surface area contributed by atoms with Gasteiger partial charge in [-0.1, -0.05) is 6.92 Å². The molecular weight excluding hydrogens is 345 g/mol. The number of piperidine rings is 1. The number of halogens is 1. The van der Waals surface area contributed by atoms with E-state index in [1.54, 1.807) is 12.1 Å². The zero-order valence-electron chi connectivity index (χ0n) is 16.3. The van der Waals surface area contributed by atoms with Gasteiger partial charge in [0, 0.05) is 24.7 Å². The van der Waals surface area contributed by atoms with E-state index < -0.39 is 0 Å². The van der Waals surface area contributed by atoms with Crippen molar-refractivity contribution in [2.45, 2.75) is 46.1 Å². The minimum Gasteiger partial charge on any atom is -0.493 e. The Morgan fingerprint density at radius 1 is 1.33 bits per heavy atom. The molecule has 1 amide bonds. The summed E-state index contributed by atoms with van der Waals surface area (Å²) in [6, 6.07) is 7.81. The van der Waals surface area contributed by atoms with Crippen molar-refractivity contribution in [3.8, 4) is 5.75 Å². The van der Waals surface area contributed by atoms with E-state index in [1.807, 2.05) is 36.4 Å². The third kappa shape index (κ3) is 4.67. The van der Waals surface area contributed by atoms with Crippen molar-refractivity contribution in [2.24, 2.45) is 5.92 Å². The van der Waals surface area contributed by atoms with Gasteiger partial charge in [-0.15, -0.1) is 0 Å². The molecule has 5 nitrogen and oxygen atoms in total. The minimum absolute atomic E-state index is 0.134. The number of rotatable bonds is 6. The first-order chi connectivity index (χ1) is 13.0. The third-order valence-electron chi connectivity index (χ3n) is 5.14. The van der Waals surface area contributed by atoms with Gasteiger partial charge in [-0.2, -0.15) is 5.10 Å². The van der Waals surface area contributed by atoms with E-state index in [9.17, 15) is 9.18 Å². The van der Waals surface area contributed by atoms with Crippen LogP contribution in [0.15, 0.2) is 30.3 Å². The highest BCUT2D eigenvalue weighted by Crippen LogP contribution is 2.24. The second kappa shape index (κ2) is 8.55. The van der Waals surface area contributed by atoms with E-state index in [-0.39, 0.29) is 23.7 Å². The van der Waals surface area contributed by atoms with Gasteiger partial charge in [-0.05, 0) is 63.4 Å². The topological polar surface area (TPSA) is 47.4 Å². The van der Waals surface area contributed by atoms with Gasteiger partial charge < -0.3 is 9.64 Å². The molecule has 146 valence electrons. The Hall–Kier alpha value is -2.37. The minimum atomic E-state index is -0.272. The fourth-order valence-corrected chi connectivity index (χ4v) is 3.77. The molecule has 2 atom stereocenters. The predicted molar refractivity (Wildman–Crippen MR) is 102 cm³/mol. The van der Waals surface area contributed by atoms with Crippen molar-refractivity contribution in [1.29, 1.82) is 0 Å². The monoisotopic (exact) mass is 373 g/mol. The number of aryl methyl sites for hydroxylation is 2. The Balaban J connectivity index is 1.61. The van der Waals surface area contributed by atoms with Crippen LogP contribution in [0.3, 0.4) is 0 Å². The van der Waals surface area contributed by atoms with Crippen LogP contribution in [0.25, 0.3) is 0 Å². The highest BCUT2D eigenvalue weighted by Gasteiger charge is 2.30. The zero-order chi connectivity index (χ0) is 19.4. The van der Waals surface area contributed by atoms with E-state index in [0.29, 0.717) is 25.3 Å². The molecule has 0 radical (unpaired) electrons. The van der Waals surface area contributed by atoms with Crippen molar-refractivity contribution >= 4 is 5.91 Å². The Labute approximate surface area is 160 Å². The molecule has 0 saturated carbocycles. The summed E-state index contributed by atoms with van der Waals surface area (Å²) >= 11 is 0. The lowest BCUT2D eigenvalue weighted by atomic mass is 9.98. The van der Waals surface area contributed by atoms with Gasteiger partial charge in [0.2, 0.25) is 5.91 Å². The number of likely N-dealkylation sites (tertiary alicyclic amines) is 1. The summed E-state index contributed by atoms with van der Waals surface area (Å²) in [5.74, 6) is 0.807. The Kier molecular flexibility index (Phi) is 6.14. The van der Waals surface area contributed by atoms with E-state index in [0.717, 1.165) is 30.8 Å². The molecule has 2 heterocycles. The summed E-state index contributed by atoms with van der Waals surface area (Å²) < 4.78 is 20.7. The zero-order valence-corrected chi connectivity index (χ0v) is 16.3. The number of carbonyl (C=O) groups excluding carboxylic acids is 1. The number of nitrogens with zero attached hydrogens (tertiary/aromatic N) is 3. The molecule has 3 rings (SSSR count). The highest BCUT2D eigenvalue weighted by molar-refractivity contribution is 5.80. The first kappa shape index (κ1) is 19.4. The average Bonchev–Trinajstić information content (AvgIpc) is 3.00. The lowest BCUT2D eigenvalue weighted by Gasteiger charge is -2.35. The number of benzene rings is 1. The van der Waals surface area contributed by atoms with Gasteiger partial charge in [-0.25, -0.2) is 4.39 Å². The molecule has 1 aromatic carbocycles. The fourth-order valence-electron chi connectivity index (χ4n) is 3.77. The number of ether oxygens (including phenoxy) is 1. The molecule has 0 aliphatic carbocycles. The second-order valence-corrected chi connectivity index (χ2v) is 7.35. The van der Waals surface area contributed by atoms with Crippen LogP contribution >= 0.6 is 0 Å². The quantitative estimate of drug-likeness (QED) is 0.771. The van der Waals surface area contributed by atoms with Gasteiger partial charge in [-0.3, -0.25) is 9.48 Å². The first-order valence-electron chi connectivity index (χ1n) is 9.67. The maximum absolute atomic E-state index is 13.1. The summed E-state index contributed by atoms with van der Waals surface area (Å²) in [6.07, 6.45) is 2.71. The molecular formula is C21H28FN3O2. The van der Waals surface area contributed by atoms with Crippen LogP contribution in [0.2, 0.25) is 0 Å². The van der Waals surface area contributed by atoms with E-state index in [1.165, 1.54) is 12.1 Å². The summed E-state index contributed by atoms with van der Waals surface area (Å²) in [4.78, 5) is 15.1. The molecule has 1 saturated heterocycles. The number of amides is 1. The molecule has 2 aromatic rings. The molecule has 2 unspecified atom stereocenters. The average molecular weight is 373 g/mol. The normalized spacial score (nSPS) is 18.4. The van der Waals surface area contributed by atoms with Gasteiger partial charge in [0.25, 0.3) is 0 Å². The van der Waals surface area contributed by atoms with Crippen molar-refractivity contribution in [3.05, 3.63) is 47.5 Å². The summed E-state index contributed by atoms with van der Waals surface area (Å²) in [5.41, 5.74) is 1.95. The molecule has 1 fully saturated rings. The van der Waals surface area contributed by atoms with Crippen LogP contribution in [0.5, 0.6) is 5.75 Å². The molecule has 27 heavy (non-hydrogen) atoms. The number of carbonyl (C=O) groups is 1. The Bertz CT molecular complexity index is 772. The largest absolute Gasteiger partial charge is 0.493 e. The van der Waals surface area contributed by atoms with Crippen molar-refractivity contribution < 1.29 is 13.9 Å². The summed E-state index contributed by atoms with van der Waals surface area (Å²) in [7, 11) is 0. The molecule has 1 aromatic heterocycles. The highest BCUT2D eigenvalue weighted by atomic mass is 19.1. The van der Waals surface area contributed by atoms with Gasteiger partial charge in [0.15, 0.2) is 0 Å². The standard InChI is InChI=1S/C21H28FN3O2/c1-4-20(25-16(3)12-15(2)23-25)21(26)24-11-5-6-17(13-24)14-27-19-9-7-18(22)8-10-19/h7-10,12,17,20H,4-6,11,13-14H2,1-3H3. The van der Waals surface area contributed by atoms with Crippen molar-refractivity contribution in [2.75, 3.05) is 19.7 Å². The fraction of sp³-hybridized carbons (Fsp3) is 0.524. The Morgan fingerprint density at radius 3 is 2.70 bits per heavy atom. The summed E-state index contributed by atoms with van der Waals surface area (Å²) in [6.45, 7) is 7.97. The Morgan fingerprint density at radius 2 is 2.07 bits per heavy atom. The van der Waals surface area contributed by atoms with Gasteiger partial charge in [0.05, 0.1) is 12.3 Å². The van der Waals surface area contributed by atoms with Crippen molar-refractivity contribution in [1.82, 2.24) is 14.7 Å². The molecule has 6 heteroatoms. The summed E-state index contributed by atoms with van der Waals surface area (Å²) in [5, 5.41) is 4.51. The lowest BCUT2D eigenvalue weighted by molar-refractivity contribution is -0.137. The molecule has 1 aliphatic rings. The van der Waals surface area contributed by atoms with Crippen LogP contribution in [-0.4, -0.2) is 40.3 Å². The predicted octanol–water partition coefficient (Wildman–Crippen LogP) is 3.91. The van der Waals surface area contributed by atoms with Crippen molar-refractivity contribution in [3.63, 3.8) is 0 Å². The second-order valence-electron chi connectivity index (χ2n) is 7.35. The number of hydrogen-bond donors (Lipinski definition) is 0. The van der Waals surface area contributed by atoms with E-state index >= 15 is 0 Å². The molecule has 1 aliphatic heterocycles. The smallest absolute Gasteiger partial charge is 0.247 e. The van der Waals surface area contributed by atoms with Crippen LogP contribution in [0.4, 0.5) is 4.39 Å². The third-order valence-corrected chi connectivity index (χ3v) is 5.14. The van der Waals surface area contributed by atoms with Crippen LogP contribution in [-0.2, 0) is 4.79 Å². The van der Waals surface area contributed by atoms with E-state index in [4.69, 9.17) is 4.74 Å². The first-order valence-corrected chi connectivity index (χ1v) is 9.67. The molecule has 0 bridgehead atoms. The molecule has 0 spiro atoms. The van der Waals surface area contributed by atoms with E-state index in [2.05, 4.69) is 5.10 Å². The molecule has 0 N–H and O–H groups in total. The van der Waals surface area contributed by atoms with Crippen LogP contribution in [0.1, 0.15) is 43.6 Å². The van der Waals surface area contributed by atoms with Crippen LogP contribution in [0, 0.1) is 25.6 Å². The maximum atomic E-state index is 13.1. The lowest BCUT2D eigenvalue weighted by Crippen LogP contribution is -2.45. The van der Waals surface area contributed by atoms with Crippen LogP contribution < -0.4 is 4.74 Å². The maximum Gasteiger partial charge on any atom is 0.247 e. The number of aromatic nitrogens is 2. The van der Waals surface area contributed by atoms with Gasteiger partial charge >= 0.3 is 0 Å². The SMILES string of the molecule is CCC(C(=O)N1CCCC(COc2ccc(F)cc2)C1)n1nc(C)cc1C.